The van der Waals surface area contributed by atoms with Crippen LogP contribution >= 0.6 is 0 Å². The molecule has 0 bridgehead atoms. The zero-order valence-electron chi connectivity index (χ0n) is 21.7. The Morgan fingerprint density at radius 2 is 1.97 bits per heavy atom. The van der Waals surface area contributed by atoms with E-state index < -0.39 is 12.0 Å². The van der Waals surface area contributed by atoms with Crippen molar-refractivity contribution in [3.8, 4) is 28.1 Å². The highest BCUT2D eigenvalue weighted by Gasteiger charge is 2.22. The van der Waals surface area contributed by atoms with Crippen molar-refractivity contribution >= 4 is 28.6 Å². The van der Waals surface area contributed by atoms with Gasteiger partial charge in [0, 0.05) is 46.9 Å². The van der Waals surface area contributed by atoms with E-state index in [-0.39, 0.29) is 18.6 Å². The van der Waals surface area contributed by atoms with Crippen molar-refractivity contribution in [3.63, 3.8) is 0 Å². The van der Waals surface area contributed by atoms with E-state index in [4.69, 9.17) is 20.2 Å². The molecule has 3 aromatic heterocycles. The molecule has 0 saturated heterocycles. The van der Waals surface area contributed by atoms with Crippen molar-refractivity contribution in [2.45, 2.75) is 33.0 Å². The summed E-state index contributed by atoms with van der Waals surface area (Å²) in [5, 5.41) is 3.63. The van der Waals surface area contributed by atoms with Crippen LogP contribution in [-0.2, 0) is 21.1 Å². The number of nitrogens with zero attached hydrogens (tertiary/aromatic N) is 3. The van der Waals surface area contributed by atoms with Gasteiger partial charge in [-0.2, -0.15) is 0 Å². The van der Waals surface area contributed by atoms with Gasteiger partial charge in [0.1, 0.15) is 11.7 Å². The van der Waals surface area contributed by atoms with Gasteiger partial charge in [-0.15, -0.1) is 0 Å². The van der Waals surface area contributed by atoms with Gasteiger partial charge in [0.05, 0.1) is 7.11 Å². The minimum atomic E-state index is -0.695. The lowest BCUT2D eigenvalue weighted by Crippen LogP contribution is -2.38. The fourth-order valence-corrected chi connectivity index (χ4v) is 4.03. The molecular weight excluding hydrogens is 482 g/mol. The molecule has 1 aromatic carbocycles. The first-order chi connectivity index (χ1) is 18.3. The predicted molar refractivity (Wildman–Crippen MR) is 147 cm³/mol. The maximum absolute atomic E-state index is 12.5. The molecule has 0 aliphatic rings. The standard InChI is InChI=1S/C29H31N5O4/c1-5-18(3)27(30)29(36)38-17-34-16-24(20-10-11-31-26(14-20)37-4)23-13-21(15-32-28(23)34)19-8-7-9-22(12-19)33-25(35)6-2/h6-16,18,27H,2,5,17,30H2,1,3-4H3,(H,33,35). The zero-order valence-corrected chi connectivity index (χ0v) is 21.7. The van der Waals surface area contributed by atoms with Crippen LogP contribution in [0.1, 0.15) is 20.3 Å². The second-order valence-corrected chi connectivity index (χ2v) is 8.97. The lowest BCUT2D eigenvalue weighted by molar-refractivity contribution is -0.150. The van der Waals surface area contributed by atoms with Crippen LogP contribution in [0.25, 0.3) is 33.3 Å². The van der Waals surface area contributed by atoms with E-state index in [0.29, 0.717) is 17.2 Å². The Morgan fingerprint density at radius 1 is 1.16 bits per heavy atom. The van der Waals surface area contributed by atoms with E-state index in [2.05, 4.69) is 16.9 Å². The SMILES string of the molecule is C=CC(=O)Nc1cccc(-c2cnc3c(c2)c(-c2ccnc(OC)c2)cn3COC(=O)C(N)C(C)CC)c1. The summed E-state index contributed by atoms with van der Waals surface area (Å²) in [6.45, 7) is 7.37. The smallest absolute Gasteiger partial charge is 0.324 e. The normalized spacial score (nSPS) is 12.5. The van der Waals surface area contributed by atoms with Crippen LogP contribution < -0.4 is 15.8 Å². The molecule has 0 radical (unpaired) electrons. The third kappa shape index (κ3) is 5.73. The van der Waals surface area contributed by atoms with Gasteiger partial charge >= 0.3 is 5.97 Å². The van der Waals surface area contributed by atoms with Crippen LogP contribution in [0.4, 0.5) is 5.69 Å². The molecule has 38 heavy (non-hydrogen) atoms. The molecule has 4 rings (SSSR count). The van der Waals surface area contributed by atoms with E-state index in [9.17, 15) is 9.59 Å². The number of carbonyl (C=O) groups excluding carboxylic acids is 2. The molecule has 3 heterocycles. The Morgan fingerprint density at radius 3 is 2.71 bits per heavy atom. The van der Waals surface area contributed by atoms with E-state index in [1.165, 1.54) is 6.08 Å². The highest BCUT2D eigenvalue weighted by molar-refractivity contribution is 6.00. The topological polar surface area (TPSA) is 121 Å². The number of methoxy groups -OCH3 is 1. The van der Waals surface area contributed by atoms with Gasteiger partial charge in [0.25, 0.3) is 0 Å². The van der Waals surface area contributed by atoms with Gasteiger partial charge in [-0.05, 0) is 47.4 Å². The molecule has 0 aliphatic heterocycles. The van der Waals surface area contributed by atoms with Crippen molar-refractivity contribution in [3.05, 3.63) is 73.7 Å². The third-order valence-electron chi connectivity index (χ3n) is 6.49. The number of hydrogen-bond donors (Lipinski definition) is 2. The largest absolute Gasteiger partial charge is 0.481 e. The molecule has 0 fully saturated rings. The fourth-order valence-electron chi connectivity index (χ4n) is 4.03. The first kappa shape index (κ1) is 26.6. The van der Waals surface area contributed by atoms with E-state index in [1.807, 2.05) is 56.4 Å². The molecule has 0 spiro atoms. The Kier molecular flexibility index (Phi) is 8.18. The highest BCUT2D eigenvalue weighted by atomic mass is 16.5. The second-order valence-electron chi connectivity index (χ2n) is 8.97. The van der Waals surface area contributed by atoms with Crippen molar-refractivity contribution in [1.82, 2.24) is 14.5 Å². The summed E-state index contributed by atoms with van der Waals surface area (Å²) >= 11 is 0. The van der Waals surface area contributed by atoms with E-state index in [1.54, 1.807) is 30.1 Å². The average molecular weight is 514 g/mol. The number of hydrogen-bond acceptors (Lipinski definition) is 7. The molecule has 1 amide bonds. The molecule has 2 unspecified atom stereocenters. The summed E-state index contributed by atoms with van der Waals surface area (Å²) in [6.07, 6.45) is 7.31. The van der Waals surface area contributed by atoms with Gasteiger partial charge in [-0.25, -0.2) is 9.97 Å². The minimum absolute atomic E-state index is 0.0106. The molecule has 3 N–H and O–H groups in total. The van der Waals surface area contributed by atoms with Crippen molar-refractivity contribution in [1.29, 1.82) is 0 Å². The number of fused-ring (bicyclic) bond motifs is 1. The van der Waals surface area contributed by atoms with Gasteiger partial charge in [0.15, 0.2) is 6.73 Å². The number of nitrogens with one attached hydrogen (secondary N) is 1. The number of benzene rings is 1. The van der Waals surface area contributed by atoms with Crippen LogP contribution in [0.5, 0.6) is 5.88 Å². The van der Waals surface area contributed by atoms with Gasteiger partial charge in [0.2, 0.25) is 11.8 Å². The summed E-state index contributed by atoms with van der Waals surface area (Å²) < 4.78 is 12.7. The van der Waals surface area contributed by atoms with Gasteiger partial charge < -0.3 is 20.5 Å². The van der Waals surface area contributed by atoms with E-state index in [0.717, 1.165) is 34.1 Å². The lowest BCUT2D eigenvalue weighted by atomic mass is 10.0. The summed E-state index contributed by atoms with van der Waals surface area (Å²) in [5.41, 5.74) is 10.8. The first-order valence-corrected chi connectivity index (χ1v) is 12.3. The monoisotopic (exact) mass is 513 g/mol. The average Bonchev–Trinajstić information content (AvgIpc) is 3.32. The number of amides is 1. The Hall–Kier alpha value is -4.50. The predicted octanol–water partition coefficient (Wildman–Crippen LogP) is 4.77. The summed E-state index contributed by atoms with van der Waals surface area (Å²) in [5.74, 6) is -0.256. The second kappa shape index (κ2) is 11.7. The molecule has 0 saturated carbocycles. The number of nitrogens with two attached hydrogens (primary N) is 1. The third-order valence-corrected chi connectivity index (χ3v) is 6.49. The fraction of sp³-hybridized carbons (Fsp3) is 0.241. The Bertz CT molecular complexity index is 1480. The number of rotatable bonds is 10. The number of ether oxygens (including phenoxy) is 2. The van der Waals surface area contributed by atoms with Gasteiger partial charge in [-0.3, -0.25) is 14.2 Å². The Balaban J connectivity index is 1.75. The quantitative estimate of drug-likeness (QED) is 0.231. The molecule has 0 aliphatic carbocycles. The summed E-state index contributed by atoms with van der Waals surface area (Å²) in [7, 11) is 1.56. The van der Waals surface area contributed by atoms with Crippen molar-refractivity contribution < 1.29 is 19.1 Å². The van der Waals surface area contributed by atoms with Crippen LogP contribution in [0.2, 0.25) is 0 Å². The number of aromatic nitrogens is 3. The number of anilines is 1. The first-order valence-electron chi connectivity index (χ1n) is 12.3. The lowest BCUT2D eigenvalue weighted by Gasteiger charge is -2.17. The van der Waals surface area contributed by atoms with Crippen LogP contribution in [-0.4, -0.2) is 39.6 Å². The summed E-state index contributed by atoms with van der Waals surface area (Å²) in [6, 6.07) is 12.5. The molecule has 9 heteroatoms. The van der Waals surface area contributed by atoms with Crippen molar-refractivity contribution in [2.24, 2.45) is 11.7 Å². The Labute approximate surface area is 221 Å². The molecule has 9 nitrogen and oxygen atoms in total. The number of esters is 1. The van der Waals surface area contributed by atoms with Crippen LogP contribution in [0.15, 0.2) is 73.7 Å². The van der Waals surface area contributed by atoms with Crippen LogP contribution in [0.3, 0.4) is 0 Å². The molecule has 2 atom stereocenters. The van der Waals surface area contributed by atoms with E-state index >= 15 is 0 Å². The molecule has 196 valence electrons. The van der Waals surface area contributed by atoms with Crippen molar-refractivity contribution in [2.75, 3.05) is 12.4 Å². The maximum Gasteiger partial charge on any atom is 0.324 e. The zero-order chi connectivity index (χ0) is 27.2. The van der Waals surface area contributed by atoms with Gasteiger partial charge in [-0.1, -0.05) is 39.0 Å². The minimum Gasteiger partial charge on any atom is -0.481 e. The number of carbonyl (C=O) groups is 2. The highest BCUT2D eigenvalue weighted by Crippen LogP contribution is 2.34. The molecular formula is C29H31N5O4. The molecule has 4 aromatic rings. The van der Waals surface area contributed by atoms with Crippen LogP contribution in [0, 0.1) is 5.92 Å². The summed E-state index contributed by atoms with van der Waals surface area (Å²) in [4.78, 5) is 33.2. The number of pyridine rings is 2. The maximum atomic E-state index is 12.5.